The van der Waals surface area contributed by atoms with Gasteiger partial charge < -0.3 is 4.74 Å². The molecular weight excluding hydrogens is 162 g/mol. The summed E-state index contributed by atoms with van der Waals surface area (Å²) in [7, 11) is 1.64. The van der Waals surface area contributed by atoms with Gasteiger partial charge in [-0.15, -0.1) is 11.6 Å². The molecule has 0 aliphatic carbocycles. The molecule has 0 amide bonds. The molecule has 0 N–H and O–H groups in total. The fraction of sp³-hybridized carbons (Fsp3) is 0.375. The van der Waals surface area contributed by atoms with E-state index in [4.69, 9.17) is 16.3 Å². The molecule has 0 aliphatic rings. The zero-order chi connectivity index (χ0) is 8.27. The maximum absolute atomic E-state index is 5.66. The second-order valence-corrected chi connectivity index (χ2v) is 2.55. The minimum absolute atomic E-state index is 0.442. The molecule has 0 aromatic carbocycles. The number of alkyl halides is 1. The van der Waals surface area contributed by atoms with Crippen molar-refractivity contribution in [2.24, 2.45) is 0 Å². The van der Waals surface area contributed by atoms with Crippen molar-refractivity contribution in [3.05, 3.63) is 23.5 Å². The quantitative estimate of drug-likeness (QED) is 0.637. The summed E-state index contributed by atoms with van der Waals surface area (Å²) in [6.07, 6.45) is 3.48. The normalized spacial score (nSPS) is 9.73. The molecule has 3 heteroatoms. The smallest absolute Gasteiger partial charge is 0.129 e. The summed E-state index contributed by atoms with van der Waals surface area (Å²) in [5.74, 6) is 1.28. The van der Waals surface area contributed by atoms with Crippen LogP contribution >= 0.6 is 11.6 Å². The van der Waals surface area contributed by atoms with Crippen LogP contribution in [0.15, 0.2) is 12.4 Å². The van der Waals surface area contributed by atoms with Gasteiger partial charge in [-0.2, -0.15) is 0 Å². The van der Waals surface area contributed by atoms with E-state index in [0.717, 1.165) is 16.9 Å². The fourth-order valence-corrected chi connectivity index (χ4v) is 1.19. The van der Waals surface area contributed by atoms with Gasteiger partial charge in [-0.05, 0) is 6.92 Å². The van der Waals surface area contributed by atoms with Crippen molar-refractivity contribution in [3.8, 4) is 5.75 Å². The standard InChI is InChI=1S/C8H10ClNO/c1-6-4-10-5-7(3-9)8(6)11-2/h4-5H,3H2,1-2H3. The molecule has 0 atom stereocenters. The lowest BCUT2D eigenvalue weighted by atomic mass is 10.2. The van der Waals surface area contributed by atoms with Crippen LogP contribution in [0.4, 0.5) is 0 Å². The predicted molar refractivity (Wildman–Crippen MR) is 45.1 cm³/mol. The number of rotatable bonds is 2. The number of nitrogens with zero attached hydrogens (tertiary/aromatic N) is 1. The van der Waals surface area contributed by atoms with Crippen LogP contribution < -0.4 is 4.74 Å². The molecule has 0 saturated heterocycles. The van der Waals surface area contributed by atoms with Gasteiger partial charge in [0.05, 0.1) is 13.0 Å². The monoisotopic (exact) mass is 171 g/mol. The molecule has 60 valence electrons. The third-order valence-corrected chi connectivity index (χ3v) is 1.78. The summed E-state index contributed by atoms with van der Waals surface area (Å²) in [6, 6.07) is 0. The first-order valence-corrected chi connectivity index (χ1v) is 3.86. The number of halogens is 1. The third-order valence-electron chi connectivity index (χ3n) is 1.50. The minimum atomic E-state index is 0.442. The van der Waals surface area contributed by atoms with E-state index < -0.39 is 0 Å². The van der Waals surface area contributed by atoms with Crippen molar-refractivity contribution in [1.29, 1.82) is 0 Å². The van der Waals surface area contributed by atoms with Gasteiger partial charge in [0.1, 0.15) is 5.75 Å². The number of hydrogen-bond acceptors (Lipinski definition) is 2. The number of aryl methyl sites for hydroxylation is 1. The van der Waals surface area contributed by atoms with Gasteiger partial charge >= 0.3 is 0 Å². The average molecular weight is 172 g/mol. The Bertz CT molecular complexity index is 250. The lowest BCUT2D eigenvalue weighted by Gasteiger charge is -2.06. The molecule has 11 heavy (non-hydrogen) atoms. The van der Waals surface area contributed by atoms with E-state index in [1.807, 2.05) is 6.92 Å². The van der Waals surface area contributed by atoms with Crippen molar-refractivity contribution < 1.29 is 4.74 Å². The number of hydrogen-bond donors (Lipinski definition) is 0. The summed E-state index contributed by atoms with van der Waals surface area (Å²) >= 11 is 5.66. The van der Waals surface area contributed by atoms with E-state index in [2.05, 4.69) is 4.98 Å². The summed E-state index contributed by atoms with van der Waals surface area (Å²) in [5, 5.41) is 0. The SMILES string of the molecule is COc1c(C)cncc1CCl. The van der Waals surface area contributed by atoms with E-state index in [1.165, 1.54) is 0 Å². The number of aromatic nitrogens is 1. The van der Waals surface area contributed by atoms with Crippen molar-refractivity contribution in [1.82, 2.24) is 4.98 Å². The predicted octanol–water partition coefficient (Wildman–Crippen LogP) is 2.14. The van der Waals surface area contributed by atoms with Crippen LogP contribution in [0.3, 0.4) is 0 Å². The molecule has 1 rings (SSSR count). The molecule has 0 radical (unpaired) electrons. The van der Waals surface area contributed by atoms with Crippen LogP contribution in [0.2, 0.25) is 0 Å². The summed E-state index contributed by atoms with van der Waals surface area (Å²) in [5.41, 5.74) is 1.96. The average Bonchev–Trinajstić information content (AvgIpc) is 2.04. The first-order chi connectivity index (χ1) is 5.29. The van der Waals surface area contributed by atoms with Gasteiger partial charge in [0.25, 0.3) is 0 Å². The second kappa shape index (κ2) is 3.58. The van der Waals surface area contributed by atoms with Gasteiger partial charge in [-0.25, -0.2) is 0 Å². The zero-order valence-corrected chi connectivity index (χ0v) is 7.35. The highest BCUT2D eigenvalue weighted by molar-refractivity contribution is 6.17. The lowest BCUT2D eigenvalue weighted by Crippen LogP contribution is -1.93. The summed E-state index contributed by atoms with van der Waals surface area (Å²) < 4.78 is 5.14. The largest absolute Gasteiger partial charge is 0.496 e. The zero-order valence-electron chi connectivity index (χ0n) is 6.60. The van der Waals surface area contributed by atoms with Gasteiger partial charge in [-0.1, -0.05) is 0 Å². The van der Waals surface area contributed by atoms with E-state index >= 15 is 0 Å². The highest BCUT2D eigenvalue weighted by Crippen LogP contribution is 2.22. The number of pyridine rings is 1. The van der Waals surface area contributed by atoms with E-state index in [0.29, 0.717) is 5.88 Å². The summed E-state index contributed by atoms with van der Waals surface area (Å²) in [6.45, 7) is 1.95. The molecule has 0 bridgehead atoms. The van der Waals surface area contributed by atoms with Crippen molar-refractivity contribution >= 4 is 11.6 Å². The molecule has 0 unspecified atom stereocenters. The molecule has 0 saturated carbocycles. The van der Waals surface area contributed by atoms with Crippen molar-refractivity contribution in [2.45, 2.75) is 12.8 Å². The molecule has 1 heterocycles. The number of ether oxygens (including phenoxy) is 1. The van der Waals surface area contributed by atoms with Crippen LogP contribution in [-0.4, -0.2) is 12.1 Å². The van der Waals surface area contributed by atoms with E-state index in [1.54, 1.807) is 19.5 Å². The maximum Gasteiger partial charge on any atom is 0.129 e. The Morgan fingerprint density at radius 3 is 2.73 bits per heavy atom. The maximum atomic E-state index is 5.66. The molecule has 0 spiro atoms. The third kappa shape index (κ3) is 1.63. The Morgan fingerprint density at radius 1 is 1.55 bits per heavy atom. The first kappa shape index (κ1) is 8.34. The van der Waals surface area contributed by atoms with Crippen molar-refractivity contribution in [2.75, 3.05) is 7.11 Å². The topological polar surface area (TPSA) is 22.1 Å². The lowest BCUT2D eigenvalue weighted by molar-refractivity contribution is 0.407. The molecule has 1 aromatic rings. The highest BCUT2D eigenvalue weighted by atomic mass is 35.5. The fourth-order valence-electron chi connectivity index (χ4n) is 0.997. The first-order valence-electron chi connectivity index (χ1n) is 3.33. The summed E-state index contributed by atoms with van der Waals surface area (Å²) in [4.78, 5) is 4.00. The minimum Gasteiger partial charge on any atom is -0.496 e. The Balaban J connectivity index is 3.13. The van der Waals surface area contributed by atoms with E-state index in [-0.39, 0.29) is 0 Å². The van der Waals surface area contributed by atoms with Crippen LogP contribution in [0, 0.1) is 6.92 Å². The highest BCUT2D eigenvalue weighted by Gasteiger charge is 2.03. The van der Waals surface area contributed by atoms with Crippen molar-refractivity contribution in [3.63, 3.8) is 0 Å². The van der Waals surface area contributed by atoms with Gasteiger partial charge in [0, 0.05) is 23.5 Å². The number of methoxy groups -OCH3 is 1. The van der Waals surface area contributed by atoms with E-state index in [9.17, 15) is 0 Å². The molecule has 0 aliphatic heterocycles. The molecular formula is C8H10ClNO. The van der Waals surface area contributed by atoms with Gasteiger partial charge in [0.2, 0.25) is 0 Å². The molecule has 2 nitrogen and oxygen atoms in total. The second-order valence-electron chi connectivity index (χ2n) is 2.28. The Morgan fingerprint density at radius 2 is 2.27 bits per heavy atom. The Hall–Kier alpha value is -0.760. The van der Waals surface area contributed by atoms with Crippen LogP contribution in [0.5, 0.6) is 5.75 Å². The van der Waals surface area contributed by atoms with Crippen LogP contribution in [-0.2, 0) is 5.88 Å². The molecule has 0 fully saturated rings. The van der Waals surface area contributed by atoms with Crippen LogP contribution in [0.25, 0.3) is 0 Å². The van der Waals surface area contributed by atoms with Crippen LogP contribution in [0.1, 0.15) is 11.1 Å². The van der Waals surface area contributed by atoms with Gasteiger partial charge in [-0.3, -0.25) is 4.98 Å². The Labute approximate surface area is 71.2 Å². The van der Waals surface area contributed by atoms with Gasteiger partial charge in [0.15, 0.2) is 0 Å². The Kier molecular flexibility index (Phi) is 2.71. The molecule has 1 aromatic heterocycles.